The van der Waals surface area contributed by atoms with E-state index in [4.69, 9.17) is 5.11 Å². The Hall–Kier alpha value is -0.580. The summed E-state index contributed by atoms with van der Waals surface area (Å²) in [6.45, 7) is 6.68. The van der Waals surface area contributed by atoms with Crippen LogP contribution in [0, 0.1) is 6.92 Å². The van der Waals surface area contributed by atoms with Crippen LogP contribution >= 0.6 is 15.9 Å². The Labute approximate surface area is 124 Å². The lowest BCUT2D eigenvalue weighted by molar-refractivity contribution is 0.267. The summed E-state index contributed by atoms with van der Waals surface area (Å²) in [5, 5.41) is 12.7. The Morgan fingerprint density at radius 2 is 2.26 bits per heavy atom. The normalized spacial score (nSPS) is 24.3. The standard InChI is InChI=1S/C15H23BrN2O/c1-11-9-13(16)3-4-15(11)18-10-14(6-8-19)17-7-5-12(18)2/h3-4,9,12,14,17,19H,5-8,10H2,1-2H3. The van der Waals surface area contributed by atoms with Crippen LogP contribution in [0.4, 0.5) is 5.69 Å². The summed E-state index contributed by atoms with van der Waals surface area (Å²) in [6.07, 6.45) is 1.95. The second-order valence-electron chi connectivity index (χ2n) is 5.38. The van der Waals surface area contributed by atoms with Gasteiger partial charge in [0.05, 0.1) is 0 Å². The van der Waals surface area contributed by atoms with Crippen molar-refractivity contribution in [1.29, 1.82) is 0 Å². The zero-order valence-corrected chi connectivity index (χ0v) is 13.3. The third-order valence-corrected chi connectivity index (χ3v) is 4.38. The Bertz CT molecular complexity index is 425. The van der Waals surface area contributed by atoms with Gasteiger partial charge < -0.3 is 15.3 Å². The number of aliphatic hydroxyl groups is 1. The van der Waals surface area contributed by atoms with Gasteiger partial charge in [-0.05, 0) is 57.0 Å². The predicted octanol–water partition coefficient (Wildman–Crippen LogP) is 2.70. The van der Waals surface area contributed by atoms with Crippen LogP contribution in [-0.4, -0.2) is 36.9 Å². The van der Waals surface area contributed by atoms with E-state index >= 15 is 0 Å². The minimum Gasteiger partial charge on any atom is -0.396 e. The van der Waals surface area contributed by atoms with Crippen molar-refractivity contribution in [2.45, 2.75) is 38.8 Å². The Balaban J connectivity index is 2.23. The highest BCUT2D eigenvalue weighted by Crippen LogP contribution is 2.27. The number of anilines is 1. The monoisotopic (exact) mass is 326 g/mol. The highest BCUT2D eigenvalue weighted by atomic mass is 79.9. The van der Waals surface area contributed by atoms with Gasteiger partial charge in [0, 0.05) is 35.4 Å². The molecule has 0 spiro atoms. The maximum atomic E-state index is 9.16. The minimum atomic E-state index is 0.249. The van der Waals surface area contributed by atoms with Gasteiger partial charge in [-0.25, -0.2) is 0 Å². The van der Waals surface area contributed by atoms with Crippen LogP contribution in [0.2, 0.25) is 0 Å². The number of nitrogens with zero attached hydrogens (tertiary/aromatic N) is 1. The molecular weight excluding hydrogens is 304 g/mol. The first-order valence-corrected chi connectivity index (χ1v) is 7.78. The van der Waals surface area contributed by atoms with Crippen molar-refractivity contribution in [3.63, 3.8) is 0 Å². The zero-order chi connectivity index (χ0) is 13.8. The van der Waals surface area contributed by atoms with Crippen molar-refractivity contribution in [2.75, 3.05) is 24.6 Å². The topological polar surface area (TPSA) is 35.5 Å². The molecule has 19 heavy (non-hydrogen) atoms. The Kier molecular flexibility index (Phi) is 5.25. The van der Waals surface area contributed by atoms with Crippen molar-refractivity contribution < 1.29 is 5.11 Å². The first-order chi connectivity index (χ1) is 9.11. The van der Waals surface area contributed by atoms with E-state index in [-0.39, 0.29) is 6.61 Å². The Morgan fingerprint density at radius 3 is 2.95 bits per heavy atom. The molecule has 0 aromatic heterocycles. The summed E-state index contributed by atoms with van der Waals surface area (Å²) in [6, 6.07) is 7.36. The summed E-state index contributed by atoms with van der Waals surface area (Å²) in [5.74, 6) is 0. The average molecular weight is 327 g/mol. The molecule has 1 saturated heterocycles. The molecule has 0 bridgehead atoms. The molecule has 1 aromatic rings. The van der Waals surface area contributed by atoms with E-state index in [9.17, 15) is 0 Å². The van der Waals surface area contributed by atoms with Gasteiger partial charge in [0.15, 0.2) is 0 Å². The molecule has 4 heteroatoms. The van der Waals surface area contributed by atoms with E-state index in [1.54, 1.807) is 0 Å². The van der Waals surface area contributed by atoms with Crippen LogP contribution in [0.1, 0.15) is 25.3 Å². The smallest absolute Gasteiger partial charge is 0.0446 e. The number of benzene rings is 1. The minimum absolute atomic E-state index is 0.249. The lowest BCUT2D eigenvalue weighted by Crippen LogP contribution is -2.41. The average Bonchev–Trinajstić information content (AvgIpc) is 2.53. The molecule has 1 aliphatic rings. The van der Waals surface area contributed by atoms with Crippen molar-refractivity contribution >= 4 is 21.6 Å². The fourth-order valence-electron chi connectivity index (χ4n) is 2.76. The summed E-state index contributed by atoms with van der Waals surface area (Å²) >= 11 is 3.52. The molecule has 106 valence electrons. The van der Waals surface area contributed by atoms with Crippen molar-refractivity contribution in [3.05, 3.63) is 28.2 Å². The van der Waals surface area contributed by atoms with Gasteiger partial charge in [0.25, 0.3) is 0 Å². The van der Waals surface area contributed by atoms with Crippen LogP contribution in [0.5, 0.6) is 0 Å². The molecule has 1 aliphatic heterocycles. The number of hydrogen-bond acceptors (Lipinski definition) is 3. The van der Waals surface area contributed by atoms with Crippen LogP contribution in [0.3, 0.4) is 0 Å². The second-order valence-corrected chi connectivity index (χ2v) is 6.30. The summed E-state index contributed by atoms with van der Waals surface area (Å²) in [5.41, 5.74) is 2.60. The van der Waals surface area contributed by atoms with Crippen molar-refractivity contribution in [1.82, 2.24) is 5.32 Å². The van der Waals surface area contributed by atoms with Gasteiger partial charge >= 0.3 is 0 Å². The fraction of sp³-hybridized carbons (Fsp3) is 0.600. The number of halogens is 1. The van der Waals surface area contributed by atoms with Gasteiger partial charge in [-0.1, -0.05) is 15.9 Å². The van der Waals surface area contributed by atoms with E-state index in [1.165, 1.54) is 11.3 Å². The molecule has 2 rings (SSSR count). The second kappa shape index (κ2) is 6.73. The molecule has 0 aliphatic carbocycles. The van der Waals surface area contributed by atoms with E-state index in [1.807, 2.05) is 0 Å². The van der Waals surface area contributed by atoms with Gasteiger partial charge in [0.1, 0.15) is 0 Å². The maximum absolute atomic E-state index is 9.16. The molecule has 2 N–H and O–H groups in total. The Morgan fingerprint density at radius 1 is 1.47 bits per heavy atom. The number of rotatable bonds is 3. The molecule has 1 aromatic carbocycles. The highest BCUT2D eigenvalue weighted by Gasteiger charge is 2.23. The SMILES string of the molecule is Cc1cc(Br)ccc1N1CC(CCO)NCCC1C. The quantitative estimate of drug-likeness (QED) is 0.896. The lowest BCUT2D eigenvalue weighted by atomic mass is 10.1. The van der Waals surface area contributed by atoms with Crippen LogP contribution in [0.15, 0.2) is 22.7 Å². The largest absolute Gasteiger partial charge is 0.396 e. The fourth-order valence-corrected chi connectivity index (χ4v) is 3.24. The maximum Gasteiger partial charge on any atom is 0.0446 e. The van der Waals surface area contributed by atoms with Gasteiger partial charge in [0.2, 0.25) is 0 Å². The van der Waals surface area contributed by atoms with E-state index < -0.39 is 0 Å². The van der Waals surface area contributed by atoms with Crippen molar-refractivity contribution in [3.8, 4) is 0 Å². The zero-order valence-electron chi connectivity index (χ0n) is 11.7. The van der Waals surface area contributed by atoms with Crippen LogP contribution < -0.4 is 10.2 Å². The van der Waals surface area contributed by atoms with Gasteiger partial charge in [-0.2, -0.15) is 0 Å². The molecular formula is C15H23BrN2O. The van der Waals surface area contributed by atoms with Gasteiger partial charge in [-0.15, -0.1) is 0 Å². The van der Waals surface area contributed by atoms with E-state index in [0.29, 0.717) is 12.1 Å². The van der Waals surface area contributed by atoms with Crippen LogP contribution in [-0.2, 0) is 0 Å². The van der Waals surface area contributed by atoms with E-state index in [2.05, 4.69) is 58.2 Å². The lowest BCUT2D eigenvalue weighted by Gasteiger charge is -2.32. The van der Waals surface area contributed by atoms with Crippen LogP contribution in [0.25, 0.3) is 0 Å². The van der Waals surface area contributed by atoms with Crippen molar-refractivity contribution in [2.24, 2.45) is 0 Å². The molecule has 1 fully saturated rings. The number of aliphatic hydroxyl groups excluding tert-OH is 1. The molecule has 0 amide bonds. The molecule has 2 unspecified atom stereocenters. The molecule has 1 heterocycles. The number of hydrogen-bond donors (Lipinski definition) is 2. The predicted molar refractivity (Wildman–Crippen MR) is 83.8 cm³/mol. The first kappa shape index (κ1) is 14.8. The molecule has 2 atom stereocenters. The summed E-state index contributed by atoms with van der Waals surface area (Å²) in [4.78, 5) is 2.47. The van der Waals surface area contributed by atoms with Gasteiger partial charge in [-0.3, -0.25) is 0 Å². The third-order valence-electron chi connectivity index (χ3n) is 3.89. The van der Waals surface area contributed by atoms with E-state index in [0.717, 1.165) is 30.4 Å². The first-order valence-electron chi connectivity index (χ1n) is 6.99. The number of nitrogens with one attached hydrogen (secondary N) is 1. The third kappa shape index (κ3) is 3.71. The number of aryl methyl sites for hydroxylation is 1. The molecule has 0 saturated carbocycles. The summed E-state index contributed by atoms with van der Waals surface area (Å²) < 4.78 is 1.13. The highest BCUT2D eigenvalue weighted by molar-refractivity contribution is 9.10. The summed E-state index contributed by atoms with van der Waals surface area (Å²) in [7, 11) is 0. The molecule has 3 nitrogen and oxygen atoms in total. The molecule has 0 radical (unpaired) electrons.